The number of hydrogen-bond acceptors (Lipinski definition) is 7. The van der Waals surface area contributed by atoms with Gasteiger partial charge in [0, 0.05) is 49.7 Å². The lowest BCUT2D eigenvalue weighted by Crippen LogP contribution is -2.42. The van der Waals surface area contributed by atoms with Gasteiger partial charge in [0.05, 0.1) is 38.1 Å². The first kappa shape index (κ1) is 22.5. The van der Waals surface area contributed by atoms with Crippen LogP contribution in [0.2, 0.25) is 0 Å². The highest BCUT2D eigenvalue weighted by molar-refractivity contribution is 5.98. The molecular formula is C21H32N4O5. The zero-order chi connectivity index (χ0) is 21.8. The Morgan fingerprint density at radius 3 is 2.73 bits per heavy atom. The molecule has 4 rings (SSSR count). The van der Waals surface area contributed by atoms with Crippen LogP contribution in [0.1, 0.15) is 35.5 Å². The third kappa shape index (κ3) is 4.74. The molecule has 0 unspecified atom stereocenters. The van der Waals surface area contributed by atoms with Gasteiger partial charge in [-0.25, -0.2) is 4.98 Å². The summed E-state index contributed by atoms with van der Waals surface area (Å²) in [4.78, 5) is 32.5. The summed E-state index contributed by atoms with van der Waals surface area (Å²) in [5, 5.41) is 6.89. The van der Waals surface area contributed by atoms with Crippen LogP contribution in [0.5, 0.6) is 5.88 Å². The predicted molar refractivity (Wildman–Crippen MR) is 110 cm³/mol. The molecule has 1 aromatic rings. The summed E-state index contributed by atoms with van der Waals surface area (Å²) in [5.74, 6) is 1.23. The van der Waals surface area contributed by atoms with Crippen molar-refractivity contribution < 1.29 is 24.2 Å². The molecule has 9 nitrogen and oxygen atoms in total. The fourth-order valence-electron chi connectivity index (χ4n) is 4.49. The Balaban J connectivity index is 0.000000806. The lowest BCUT2D eigenvalue weighted by molar-refractivity contribution is -0.122. The molecular weight excluding hydrogens is 388 g/mol. The molecule has 2 bridgehead atoms. The summed E-state index contributed by atoms with van der Waals surface area (Å²) in [5.41, 5.74) is 2.56. The van der Waals surface area contributed by atoms with Crippen LogP contribution in [-0.2, 0) is 22.6 Å². The van der Waals surface area contributed by atoms with Crippen LogP contribution in [0.15, 0.2) is 6.07 Å². The Hall–Kier alpha value is -2.23. The summed E-state index contributed by atoms with van der Waals surface area (Å²) in [6, 6.07) is 2.58. The summed E-state index contributed by atoms with van der Waals surface area (Å²) >= 11 is 0. The fourth-order valence-corrected chi connectivity index (χ4v) is 4.49. The van der Waals surface area contributed by atoms with Crippen molar-refractivity contribution in [1.82, 2.24) is 19.7 Å². The number of aromatic nitrogens is 1. The van der Waals surface area contributed by atoms with E-state index in [-0.39, 0.29) is 18.4 Å². The third-order valence-corrected chi connectivity index (χ3v) is 5.98. The molecule has 0 aliphatic carbocycles. The number of amides is 1. The molecule has 3 aliphatic heterocycles. The number of hydrogen-bond donors (Lipinski definition) is 1. The van der Waals surface area contributed by atoms with E-state index >= 15 is 0 Å². The first-order chi connectivity index (χ1) is 14.4. The van der Waals surface area contributed by atoms with Gasteiger partial charge in [0.15, 0.2) is 0 Å². The van der Waals surface area contributed by atoms with E-state index in [9.17, 15) is 4.79 Å². The van der Waals surface area contributed by atoms with Gasteiger partial charge in [-0.05, 0) is 27.0 Å². The van der Waals surface area contributed by atoms with E-state index in [0.717, 1.165) is 56.2 Å². The predicted octanol–water partition coefficient (Wildman–Crippen LogP) is 0.918. The van der Waals surface area contributed by atoms with E-state index in [1.165, 1.54) is 0 Å². The summed E-state index contributed by atoms with van der Waals surface area (Å²) < 4.78 is 11.4. The Morgan fingerprint density at radius 1 is 1.33 bits per heavy atom. The minimum Gasteiger partial charge on any atom is -0.483 e. The lowest BCUT2D eigenvalue weighted by atomic mass is 10.1. The molecule has 1 amide bonds. The number of pyridine rings is 1. The minimum atomic E-state index is -0.250. The first-order valence-corrected chi connectivity index (χ1v) is 10.3. The molecule has 3 aliphatic rings. The van der Waals surface area contributed by atoms with Crippen molar-refractivity contribution in [1.29, 1.82) is 0 Å². The van der Waals surface area contributed by atoms with E-state index in [1.807, 2.05) is 24.8 Å². The maximum Gasteiger partial charge on any atom is 0.290 e. The maximum atomic E-state index is 12.7. The molecule has 4 heterocycles. The highest BCUT2D eigenvalue weighted by Crippen LogP contribution is 2.30. The smallest absolute Gasteiger partial charge is 0.290 e. The van der Waals surface area contributed by atoms with Gasteiger partial charge >= 0.3 is 0 Å². The second-order valence-corrected chi connectivity index (χ2v) is 8.47. The number of carbonyl (C=O) groups is 2. The molecule has 1 aromatic heterocycles. The lowest BCUT2D eigenvalue weighted by Gasteiger charge is -2.30. The molecule has 2 saturated heterocycles. The summed E-state index contributed by atoms with van der Waals surface area (Å²) in [7, 11) is 3.85. The van der Waals surface area contributed by atoms with Gasteiger partial charge in [0.2, 0.25) is 5.88 Å². The van der Waals surface area contributed by atoms with E-state index in [4.69, 9.17) is 19.4 Å². The second kappa shape index (κ2) is 9.72. The Kier molecular flexibility index (Phi) is 7.27. The second-order valence-electron chi connectivity index (χ2n) is 8.47. The topological polar surface area (TPSA) is 95.4 Å². The molecule has 0 aromatic carbocycles. The molecule has 2 atom stereocenters. The van der Waals surface area contributed by atoms with E-state index in [1.54, 1.807) is 7.11 Å². The quantitative estimate of drug-likeness (QED) is 0.719. The highest BCUT2D eigenvalue weighted by atomic mass is 16.5. The van der Waals surface area contributed by atoms with Crippen LogP contribution in [-0.4, -0.2) is 96.3 Å². The first-order valence-electron chi connectivity index (χ1n) is 10.3. The Morgan fingerprint density at radius 2 is 2.07 bits per heavy atom. The molecule has 166 valence electrons. The molecule has 1 N–H and O–H groups in total. The number of carbonyl (C=O) groups excluding carboxylic acids is 1. The van der Waals surface area contributed by atoms with E-state index in [2.05, 4.69) is 21.8 Å². The fraction of sp³-hybridized carbons (Fsp3) is 0.667. The number of nitrogens with zero attached hydrogens (tertiary/aromatic N) is 4. The highest BCUT2D eigenvalue weighted by Gasteiger charge is 2.34. The Labute approximate surface area is 177 Å². The van der Waals surface area contributed by atoms with Crippen molar-refractivity contribution in [2.75, 3.05) is 47.0 Å². The molecule has 0 saturated carbocycles. The third-order valence-electron chi connectivity index (χ3n) is 5.98. The number of ether oxygens (including phenoxy) is 2. The van der Waals surface area contributed by atoms with E-state index < -0.39 is 0 Å². The van der Waals surface area contributed by atoms with Gasteiger partial charge in [-0.1, -0.05) is 0 Å². The van der Waals surface area contributed by atoms with Gasteiger partial charge < -0.3 is 19.5 Å². The van der Waals surface area contributed by atoms with E-state index in [0.29, 0.717) is 24.4 Å². The van der Waals surface area contributed by atoms with Crippen LogP contribution in [0.3, 0.4) is 0 Å². The normalized spacial score (nSPS) is 24.2. The van der Waals surface area contributed by atoms with Gasteiger partial charge in [0.25, 0.3) is 12.4 Å². The minimum absolute atomic E-state index is 0.0808. The average Bonchev–Trinajstić information content (AvgIpc) is 2.80. The largest absolute Gasteiger partial charge is 0.483 e. The molecule has 2 fully saturated rings. The van der Waals surface area contributed by atoms with Crippen LogP contribution >= 0.6 is 0 Å². The molecule has 9 heteroatoms. The van der Waals surface area contributed by atoms with Crippen LogP contribution in [0.25, 0.3) is 0 Å². The zero-order valence-corrected chi connectivity index (χ0v) is 18.2. The van der Waals surface area contributed by atoms with Crippen molar-refractivity contribution in [3.05, 3.63) is 22.9 Å². The number of rotatable bonds is 4. The van der Waals surface area contributed by atoms with Crippen LogP contribution in [0, 0.1) is 5.92 Å². The van der Waals surface area contributed by atoms with Crippen molar-refractivity contribution in [2.24, 2.45) is 5.92 Å². The van der Waals surface area contributed by atoms with Crippen LogP contribution < -0.4 is 4.74 Å². The zero-order valence-electron chi connectivity index (χ0n) is 18.2. The average molecular weight is 421 g/mol. The number of methoxy groups -OCH3 is 1. The monoisotopic (exact) mass is 420 g/mol. The molecule has 0 radical (unpaired) electrons. The number of likely N-dealkylation sites (N-methyl/N-ethyl adjacent to an activating group) is 1. The Bertz CT molecular complexity index is 772. The van der Waals surface area contributed by atoms with Crippen molar-refractivity contribution in [3.8, 4) is 5.88 Å². The number of carboxylic acid groups (broad SMARTS) is 1. The van der Waals surface area contributed by atoms with Crippen molar-refractivity contribution >= 4 is 12.4 Å². The molecule has 0 spiro atoms. The maximum absolute atomic E-state index is 12.7. The van der Waals surface area contributed by atoms with Gasteiger partial charge in [0.1, 0.15) is 0 Å². The summed E-state index contributed by atoms with van der Waals surface area (Å²) in [6.07, 6.45) is 0. The van der Waals surface area contributed by atoms with Crippen molar-refractivity contribution in [2.45, 2.75) is 39.0 Å². The number of fused-ring (bicyclic) bond motifs is 4. The van der Waals surface area contributed by atoms with Crippen molar-refractivity contribution in [3.63, 3.8) is 0 Å². The molecule has 30 heavy (non-hydrogen) atoms. The van der Waals surface area contributed by atoms with Crippen LogP contribution in [0.4, 0.5) is 0 Å². The van der Waals surface area contributed by atoms with Gasteiger partial charge in [-0.3, -0.25) is 19.4 Å². The standard InChI is InChI=1S/C20H30N4O3.CH2O2/c1-13(2)24-10-18-17(20(24)25)5-15(19(21-18)26-4)8-23-7-14-6-22(3)16(9-23)12-27-11-14;2-1-3/h5,13-14,16H,6-12H2,1-4H3;1H,(H,2,3)/t14-,16+;/m1./s1. The van der Waals surface area contributed by atoms with Gasteiger partial charge in [-0.2, -0.15) is 0 Å². The SMILES string of the molecule is COc1nc2c(cc1CN1C[C@@H]3COC[C@H](C1)N(C)C3)C(=O)N(C(C)C)C2.O=CO. The summed E-state index contributed by atoms with van der Waals surface area (Å²) in [6.45, 7) is 9.77. The van der Waals surface area contributed by atoms with Gasteiger partial charge in [-0.15, -0.1) is 0 Å².